The molecule has 0 amide bonds. The van der Waals surface area contributed by atoms with Gasteiger partial charge in [0.25, 0.3) is 0 Å². The molecule has 46 valence electrons. The van der Waals surface area contributed by atoms with Gasteiger partial charge in [0, 0.05) is 12.4 Å². The monoisotopic (exact) mass is 140 g/mol. The van der Waals surface area contributed by atoms with E-state index in [9.17, 15) is 0 Å². The Bertz CT molecular complexity index is 205. The SMILES string of the molecule is C=Cc1ncc(Cl)cn1. The van der Waals surface area contributed by atoms with Crippen molar-refractivity contribution in [1.82, 2.24) is 9.97 Å². The minimum Gasteiger partial charge on any atom is -0.236 e. The molecule has 0 atom stereocenters. The fraction of sp³-hybridized carbons (Fsp3) is 0. The van der Waals surface area contributed by atoms with Crippen LogP contribution in [0.2, 0.25) is 5.02 Å². The van der Waals surface area contributed by atoms with Crippen molar-refractivity contribution in [2.24, 2.45) is 0 Å². The highest BCUT2D eigenvalue weighted by molar-refractivity contribution is 6.30. The van der Waals surface area contributed by atoms with Crippen LogP contribution in [-0.4, -0.2) is 9.97 Å². The van der Waals surface area contributed by atoms with E-state index in [0.717, 1.165) is 0 Å². The van der Waals surface area contributed by atoms with Crippen molar-refractivity contribution in [3.63, 3.8) is 0 Å². The van der Waals surface area contributed by atoms with Crippen molar-refractivity contribution in [2.45, 2.75) is 0 Å². The fourth-order valence-electron chi connectivity index (χ4n) is 0.428. The van der Waals surface area contributed by atoms with Crippen LogP contribution in [0.15, 0.2) is 19.0 Å². The Hall–Kier alpha value is -0.890. The van der Waals surface area contributed by atoms with E-state index in [-0.39, 0.29) is 0 Å². The molecule has 0 N–H and O–H groups in total. The summed E-state index contributed by atoms with van der Waals surface area (Å²) in [6.07, 6.45) is 4.63. The first-order chi connectivity index (χ1) is 4.33. The first-order valence-electron chi connectivity index (χ1n) is 2.43. The van der Waals surface area contributed by atoms with Gasteiger partial charge in [-0.2, -0.15) is 0 Å². The molecule has 0 radical (unpaired) electrons. The van der Waals surface area contributed by atoms with Crippen LogP contribution < -0.4 is 0 Å². The van der Waals surface area contributed by atoms with Gasteiger partial charge in [0.15, 0.2) is 5.82 Å². The van der Waals surface area contributed by atoms with Crippen molar-refractivity contribution in [1.29, 1.82) is 0 Å². The summed E-state index contributed by atoms with van der Waals surface area (Å²) in [5.74, 6) is 0.597. The molecule has 9 heavy (non-hydrogen) atoms. The number of aromatic nitrogens is 2. The predicted octanol–water partition coefficient (Wildman–Crippen LogP) is 1.77. The molecule has 0 aliphatic rings. The number of hydrogen-bond donors (Lipinski definition) is 0. The zero-order chi connectivity index (χ0) is 6.69. The molecule has 1 aromatic rings. The van der Waals surface area contributed by atoms with Crippen molar-refractivity contribution in [3.05, 3.63) is 29.8 Å². The van der Waals surface area contributed by atoms with Gasteiger partial charge >= 0.3 is 0 Å². The third kappa shape index (κ3) is 1.50. The second kappa shape index (κ2) is 2.60. The highest BCUT2D eigenvalue weighted by atomic mass is 35.5. The van der Waals surface area contributed by atoms with E-state index in [0.29, 0.717) is 10.8 Å². The van der Waals surface area contributed by atoms with E-state index in [4.69, 9.17) is 11.6 Å². The summed E-state index contributed by atoms with van der Waals surface area (Å²) in [6.45, 7) is 3.49. The molecule has 2 nitrogen and oxygen atoms in total. The van der Waals surface area contributed by atoms with Gasteiger partial charge in [-0.1, -0.05) is 18.2 Å². The smallest absolute Gasteiger partial charge is 0.151 e. The molecular weight excluding hydrogens is 136 g/mol. The summed E-state index contributed by atoms with van der Waals surface area (Å²) >= 11 is 5.51. The van der Waals surface area contributed by atoms with Gasteiger partial charge in [-0.25, -0.2) is 9.97 Å². The average Bonchev–Trinajstić information content (AvgIpc) is 1.90. The standard InChI is InChI=1S/C6H5ClN2/c1-2-6-8-3-5(7)4-9-6/h2-4H,1H2. The van der Waals surface area contributed by atoms with Gasteiger partial charge in [-0.3, -0.25) is 0 Å². The maximum Gasteiger partial charge on any atom is 0.151 e. The fourth-order valence-corrected chi connectivity index (χ4v) is 0.525. The van der Waals surface area contributed by atoms with Crippen molar-refractivity contribution >= 4 is 17.7 Å². The summed E-state index contributed by atoms with van der Waals surface area (Å²) in [5.41, 5.74) is 0. The van der Waals surface area contributed by atoms with Crippen LogP contribution in [0.5, 0.6) is 0 Å². The van der Waals surface area contributed by atoms with E-state index in [2.05, 4.69) is 16.5 Å². The molecule has 0 unspecified atom stereocenters. The molecular formula is C6H5ClN2. The largest absolute Gasteiger partial charge is 0.236 e. The minimum atomic E-state index is 0.542. The lowest BCUT2D eigenvalue weighted by atomic mass is 10.5. The number of rotatable bonds is 1. The molecule has 0 spiro atoms. The summed E-state index contributed by atoms with van der Waals surface area (Å²) in [6, 6.07) is 0. The molecule has 0 aromatic carbocycles. The lowest BCUT2D eigenvalue weighted by molar-refractivity contribution is 1.14. The normalized spacial score (nSPS) is 9.00. The third-order valence-corrected chi connectivity index (χ3v) is 1.02. The van der Waals surface area contributed by atoms with Crippen LogP contribution in [0.4, 0.5) is 0 Å². The Balaban J connectivity index is 3.01. The quantitative estimate of drug-likeness (QED) is 0.594. The Labute approximate surface area is 58.2 Å². The maximum absolute atomic E-state index is 5.51. The lowest BCUT2D eigenvalue weighted by Gasteiger charge is -1.88. The van der Waals surface area contributed by atoms with Crippen LogP contribution in [0.3, 0.4) is 0 Å². The number of hydrogen-bond acceptors (Lipinski definition) is 2. The molecule has 0 aliphatic heterocycles. The molecule has 3 heteroatoms. The predicted molar refractivity (Wildman–Crippen MR) is 37.1 cm³/mol. The Morgan fingerprint density at radius 2 is 2.00 bits per heavy atom. The zero-order valence-electron chi connectivity index (χ0n) is 4.71. The van der Waals surface area contributed by atoms with Crippen molar-refractivity contribution < 1.29 is 0 Å². The van der Waals surface area contributed by atoms with Gasteiger partial charge in [0.2, 0.25) is 0 Å². The molecule has 0 fully saturated rings. The lowest BCUT2D eigenvalue weighted by Crippen LogP contribution is -1.82. The Kier molecular flexibility index (Phi) is 1.80. The van der Waals surface area contributed by atoms with Gasteiger partial charge in [0.05, 0.1) is 5.02 Å². The van der Waals surface area contributed by atoms with Crippen LogP contribution in [0, 0.1) is 0 Å². The van der Waals surface area contributed by atoms with Gasteiger partial charge in [-0.15, -0.1) is 0 Å². The summed E-state index contributed by atoms with van der Waals surface area (Å²) in [5, 5.41) is 0.542. The Morgan fingerprint density at radius 1 is 1.44 bits per heavy atom. The summed E-state index contributed by atoms with van der Waals surface area (Å²) in [4.78, 5) is 7.67. The molecule has 0 bridgehead atoms. The van der Waals surface area contributed by atoms with E-state index >= 15 is 0 Å². The topological polar surface area (TPSA) is 25.8 Å². The van der Waals surface area contributed by atoms with E-state index < -0.39 is 0 Å². The van der Waals surface area contributed by atoms with Crippen LogP contribution >= 0.6 is 11.6 Å². The van der Waals surface area contributed by atoms with E-state index in [1.165, 1.54) is 12.4 Å². The Morgan fingerprint density at radius 3 is 2.44 bits per heavy atom. The molecule has 0 saturated heterocycles. The van der Waals surface area contributed by atoms with Gasteiger partial charge < -0.3 is 0 Å². The highest BCUT2D eigenvalue weighted by Crippen LogP contribution is 2.02. The second-order valence-corrected chi connectivity index (χ2v) is 1.90. The second-order valence-electron chi connectivity index (χ2n) is 1.46. The first kappa shape index (κ1) is 6.23. The number of nitrogens with zero attached hydrogens (tertiary/aromatic N) is 2. The van der Waals surface area contributed by atoms with Gasteiger partial charge in [-0.05, 0) is 6.08 Å². The van der Waals surface area contributed by atoms with E-state index in [1.807, 2.05) is 0 Å². The van der Waals surface area contributed by atoms with Gasteiger partial charge in [0.1, 0.15) is 0 Å². The molecule has 1 aromatic heterocycles. The van der Waals surface area contributed by atoms with E-state index in [1.54, 1.807) is 6.08 Å². The third-order valence-electron chi connectivity index (χ3n) is 0.823. The average molecular weight is 141 g/mol. The molecule has 0 saturated carbocycles. The number of halogens is 1. The zero-order valence-corrected chi connectivity index (χ0v) is 5.47. The molecule has 1 rings (SSSR count). The summed E-state index contributed by atoms with van der Waals surface area (Å²) in [7, 11) is 0. The molecule has 0 aliphatic carbocycles. The highest BCUT2D eigenvalue weighted by Gasteiger charge is 1.87. The maximum atomic E-state index is 5.51. The van der Waals surface area contributed by atoms with Crippen LogP contribution in [0.25, 0.3) is 6.08 Å². The minimum absolute atomic E-state index is 0.542. The first-order valence-corrected chi connectivity index (χ1v) is 2.80. The van der Waals surface area contributed by atoms with Crippen LogP contribution in [0.1, 0.15) is 5.82 Å². The summed E-state index contributed by atoms with van der Waals surface area (Å²) < 4.78 is 0. The molecule has 1 heterocycles. The van der Waals surface area contributed by atoms with Crippen LogP contribution in [-0.2, 0) is 0 Å². The van der Waals surface area contributed by atoms with Crippen molar-refractivity contribution in [2.75, 3.05) is 0 Å². The van der Waals surface area contributed by atoms with Crippen molar-refractivity contribution in [3.8, 4) is 0 Å².